The molecular weight excluding hydrogens is 848 g/mol. The second-order valence-corrected chi connectivity index (χ2v) is 18.2. The third-order valence-electron chi connectivity index (χ3n) is 13.6. The number of benzene rings is 3. The first kappa shape index (κ1) is 43.9. The van der Waals surface area contributed by atoms with Crippen molar-refractivity contribution in [2.24, 2.45) is 16.8 Å². The molecule has 4 amide bonds. The predicted molar refractivity (Wildman–Crippen MR) is 247 cm³/mol. The summed E-state index contributed by atoms with van der Waals surface area (Å²) in [5, 5.41) is 6.89. The summed E-state index contributed by atoms with van der Waals surface area (Å²) in [6.07, 6.45) is 5.12. The van der Waals surface area contributed by atoms with Crippen molar-refractivity contribution in [2.45, 2.75) is 89.6 Å². The van der Waals surface area contributed by atoms with Crippen LogP contribution in [0.4, 0.5) is 9.59 Å². The second kappa shape index (κ2) is 18.3. The van der Waals surface area contributed by atoms with Crippen LogP contribution in [0, 0.1) is 11.8 Å². The number of rotatable bonds is 11. The lowest BCUT2D eigenvalue weighted by molar-refractivity contribution is -0.135. The van der Waals surface area contributed by atoms with Gasteiger partial charge in [-0.05, 0) is 91.5 Å². The molecule has 3 aromatic carbocycles. The van der Waals surface area contributed by atoms with E-state index in [0.717, 1.165) is 100 Å². The van der Waals surface area contributed by atoms with Gasteiger partial charge in [0.25, 0.3) is 0 Å². The summed E-state index contributed by atoms with van der Waals surface area (Å²) in [7, 11) is 2.57. The third-order valence-corrected chi connectivity index (χ3v) is 13.9. The number of aliphatic imine (C=N–C) groups is 1. The van der Waals surface area contributed by atoms with Crippen LogP contribution in [0.25, 0.3) is 33.4 Å². The van der Waals surface area contributed by atoms with E-state index in [1.165, 1.54) is 14.2 Å². The minimum atomic E-state index is -0.721. The number of fused-ring (bicyclic) bond motifs is 5. The van der Waals surface area contributed by atoms with E-state index in [2.05, 4.69) is 68.7 Å². The van der Waals surface area contributed by atoms with Crippen LogP contribution in [0.5, 0.6) is 5.75 Å². The van der Waals surface area contributed by atoms with Crippen LogP contribution < -0.4 is 15.4 Å². The zero-order valence-corrected chi connectivity index (χ0v) is 38.0. The van der Waals surface area contributed by atoms with Gasteiger partial charge in [-0.3, -0.25) is 14.6 Å². The largest absolute Gasteiger partial charge is 0.480 e. The van der Waals surface area contributed by atoms with Gasteiger partial charge in [-0.25, -0.2) is 14.6 Å². The number of methoxy groups -OCH3 is 2. The fourth-order valence-corrected chi connectivity index (χ4v) is 10.4. The Hall–Kier alpha value is -6.35. The topological polar surface area (TPSA) is 183 Å². The summed E-state index contributed by atoms with van der Waals surface area (Å²) in [5.41, 5.74) is 8.55. The number of H-pyrrole nitrogens is 2. The van der Waals surface area contributed by atoms with Gasteiger partial charge in [0, 0.05) is 51.4 Å². The molecule has 2 fully saturated rings. The first-order chi connectivity index (χ1) is 31.5. The highest BCUT2D eigenvalue weighted by Gasteiger charge is 2.42. The first-order valence-electron chi connectivity index (χ1n) is 22.6. The van der Waals surface area contributed by atoms with Gasteiger partial charge in [-0.1, -0.05) is 63.1 Å². The zero-order chi connectivity index (χ0) is 45.5. The van der Waals surface area contributed by atoms with Crippen LogP contribution in [0.2, 0.25) is 5.02 Å². The van der Waals surface area contributed by atoms with E-state index >= 15 is 0 Å². The Morgan fingerprint density at radius 3 is 2.43 bits per heavy atom. The molecule has 0 spiro atoms. The number of hydrogen-bond donors (Lipinski definition) is 4. The number of hydrogen-bond acceptors (Lipinski definition) is 9. The summed E-state index contributed by atoms with van der Waals surface area (Å²) < 4.78 is 16.5. The molecule has 0 saturated carbocycles. The predicted octanol–water partition coefficient (Wildman–Crippen LogP) is 8.34. The number of amides is 4. The van der Waals surface area contributed by atoms with Gasteiger partial charge in [-0.15, -0.1) is 0 Å². The number of nitrogens with zero attached hydrogens (tertiary/aromatic N) is 4. The van der Waals surface area contributed by atoms with Gasteiger partial charge >= 0.3 is 12.2 Å². The van der Waals surface area contributed by atoms with E-state index in [9.17, 15) is 19.2 Å². The number of carbonyl (C=O) groups excluding carboxylic acids is 4. The van der Waals surface area contributed by atoms with E-state index in [-0.39, 0.29) is 48.3 Å². The second-order valence-electron chi connectivity index (χ2n) is 17.7. The molecule has 5 aromatic rings. The molecule has 0 radical (unpaired) electrons. The standard InChI is InChI=1S/C49H55ClN8O7/c1-6-27-22-35(54-43(27)37-9-7-19-57(37)40(59)25-52-48(61)63-4)30-13-17-32-39(23-30)65-45(28-11-15-31(50)16-12-28)41-33-21-29(14-18-34(33)53-44(32)41)36-24-51-46(55-36)38-10-8-20-58(38)47(60)42(26(2)3)56-49(62)64-5/h11-18,21,23-24,26-27,37-38,42-43,45,53H,6-10,19-20,22,25H2,1-5H3,(H,51,55)(H,52,61)(H,56,62). The first-order valence-corrected chi connectivity index (χ1v) is 22.9. The molecule has 4 N–H and O–H groups in total. The van der Waals surface area contributed by atoms with Crippen molar-refractivity contribution in [3.63, 3.8) is 0 Å². The van der Waals surface area contributed by atoms with Crippen LogP contribution in [-0.2, 0) is 19.1 Å². The summed E-state index contributed by atoms with van der Waals surface area (Å²) in [6, 6.07) is 19.3. The van der Waals surface area contributed by atoms with Crippen molar-refractivity contribution in [1.82, 2.24) is 35.4 Å². The Balaban J connectivity index is 1.02. The molecule has 0 aliphatic carbocycles. The number of nitrogens with one attached hydrogen (secondary N) is 4. The van der Waals surface area contributed by atoms with Gasteiger partial charge in [0.1, 0.15) is 24.2 Å². The quantitative estimate of drug-likeness (QED) is 0.102. The molecule has 2 aromatic heterocycles. The van der Waals surface area contributed by atoms with Gasteiger partial charge in [0.2, 0.25) is 11.8 Å². The number of aromatic nitrogens is 3. The Morgan fingerprint density at radius 1 is 0.923 bits per heavy atom. The van der Waals surface area contributed by atoms with E-state index in [1.54, 1.807) is 0 Å². The fraction of sp³-hybridized carbons (Fsp3) is 0.429. The summed E-state index contributed by atoms with van der Waals surface area (Å²) in [6.45, 7) is 7.08. The van der Waals surface area contributed by atoms with Crippen molar-refractivity contribution >= 4 is 52.2 Å². The van der Waals surface area contributed by atoms with Crippen LogP contribution in [0.15, 0.2) is 71.9 Å². The maximum absolute atomic E-state index is 13.8. The molecule has 6 heterocycles. The van der Waals surface area contributed by atoms with E-state index < -0.39 is 24.3 Å². The molecule has 340 valence electrons. The number of ether oxygens (including phenoxy) is 3. The van der Waals surface area contributed by atoms with Gasteiger partial charge in [-0.2, -0.15) is 0 Å². The van der Waals surface area contributed by atoms with Crippen molar-refractivity contribution in [2.75, 3.05) is 33.9 Å². The molecule has 65 heavy (non-hydrogen) atoms. The van der Waals surface area contributed by atoms with Crippen LogP contribution in [0.1, 0.15) is 94.0 Å². The highest BCUT2D eigenvalue weighted by molar-refractivity contribution is 6.30. The SMILES string of the molecule is CCC1CC(c2ccc3c(c2)OC(c2ccc(Cl)cc2)c2c-3[nH]c3ccc(-c4cnc(C5CCCN5C(=O)C(NC(=O)OC)C(C)C)[nH]4)cc23)=NC1C1CCCN1C(=O)CNC(=O)OC. The number of likely N-dealkylation sites (tertiary alicyclic amines) is 2. The zero-order valence-electron chi connectivity index (χ0n) is 37.3. The summed E-state index contributed by atoms with van der Waals surface area (Å²) >= 11 is 6.41. The summed E-state index contributed by atoms with van der Waals surface area (Å²) in [4.78, 5) is 72.0. The molecule has 4 aliphatic heterocycles. The monoisotopic (exact) mass is 902 g/mol. The van der Waals surface area contributed by atoms with Gasteiger partial charge in [0.15, 0.2) is 6.10 Å². The molecule has 6 unspecified atom stereocenters. The number of imidazole rings is 1. The maximum atomic E-state index is 13.8. The molecule has 2 saturated heterocycles. The fourth-order valence-electron chi connectivity index (χ4n) is 10.2. The maximum Gasteiger partial charge on any atom is 0.407 e. The Kier molecular flexibility index (Phi) is 12.3. The summed E-state index contributed by atoms with van der Waals surface area (Å²) in [5.74, 6) is 1.28. The molecule has 15 nitrogen and oxygen atoms in total. The average molecular weight is 903 g/mol. The van der Waals surface area contributed by atoms with Crippen molar-refractivity contribution in [3.8, 4) is 28.3 Å². The number of alkyl carbamates (subject to hydrolysis) is 2. The third kappa shape index (κ3) is 8.42. The highest BCUT2D eigenvalue weighted by Crippen LogP contribution is 2.49. The normalized spacial score (nSPS) is 21.7. The lowest BCUT2D eigenvalue weighted by atomic mass is 9.88. The van der Waals surface area contributed by atoms with E-state index in [0.29, 0.717) is 23.9 Å². The molecule has 4 aliphatic rings. The Bertz CT molecular complexity index is 2660. The van der Waals surface area contributed by atoms with E-state index in [1.807, 2.05) is 54.1 Å². The Morgan fingerprint density at radius 2 is 1.68 bits per heavy atom. The van der Waals surface area contributed by atoms with Crippen LogP contribution >= 0.6 is 11.6 Å². The Labute approximate surface area is 382 Å². The average Bonchev–Trinajstić information content (AvgIpc) is 4.18. The molecular formula is C49H55ClN8O7. The van der Waals surface area contributed by atoms with Crippen LogP contribution in [-0.4, -0.2) is 106 Å². The van der Waals surface area contributed by atoms with Crippen molar-refractivity contribution in [3.05, 3.63) is 94.4 Å². The highest BCUT2D eigenvalue weighted by atomic mass is 35.5. The number of halogens is 1. The smallest absolute Gasteiger partial charge is 0.407 e. The van der Waals surface area contributed by atoms with Crippen molar-refractivity contribution in [1.29, 1.82) is 0 Å². The van der Waals surface area contributed by atoms with Crippen LogP contribution in [0.3, 0.4) is 0 Å². The molecule has 16 heteroatoms. The lowest BCUT2D eigenvalue weighted by Gasteiger charge is -2.31. The number of carbonyl (C=O) groups is 4. The number of aromatic amines is 2. The lowest BCUT2D eigenvalue weighted by Crippen LogP contribution is -2.51. The van der Waals surface area contributed by atoms with Gasteiger partial charge in [0.05, 0.1) is 49.9 Å². The van der Waals surface area contributed by atoms with Gasteiger partial charge < -0.3 is 44.6 Å². The molecule has 0 bridgehead atoms. The van der Waals surface area contributed by atoms with Crippen molar-refractivity contribution < 1.29 is 33.4 Å². The minimum Gasteiger partial charge on any atom is -0.480 e. The molecule has 9 rings (SSSR count). The molecule has 6 atom stereocenters. The minimum absolute atomic E-state index is 0.0411. The van der Waals surface area contributed by atoms with E-state index in [4.69, 9.17) is 31.1 Å².